The fourth-order valence-corrected chi connectivity index (χ4v) is 4.27. The molecule has 3 heterocycles. The Labute approximate surface area is 185 Å². The summed E-state index contributed by atoms with van der Waals surface area (Å²) < 4.78 is 21.9. The number of nitriles is 1. The van der Waals surface area contributed by atoms with Crippen LogP contribution in [0, 0.1) is 24.1 Å². The molecule has 0 bridgehead atoms. The third-order valence-electron chi connectivity index (χ3n) is 5.96. The van der Waals surface area contributed by atoms with Crippen molar-refractivity contribution in [2.45, 2.75) is 33.2 Å². The molecule has 0 atom stereocenters. The highest BCUT2D eigenvalue weighted by Crippen LogP contribution is 2.32. The number of fused-ring (bicyclic) bond motifs is 2. The van der Waals surface area contributed by atoms with E-state index in [1.807, 2.05) is 0 Å². The van der Waals surface area contributed by atoms with Crippen molar-refractivity contribution in [2.24, 2.45) is 0 Å². The lowest BCUT2D eigenvalue weighted by molar-refractivity contribution is 0.356. The molecule has 0 fully saturated rings. The van der Waals surface area contributed by atoms with Gasteiger partial charge < -0.3 is 10.1 Å². The number of ether oxygens (including phenoxy) is 1. The number of nitrogens with one attached hydrogen (secondary N) is 1. The van der Waals surface area contributed by atoms with Gasteiger partial charge in [0.15, 0.2) is 11.3 Å². The molecular formula is C25H22FN5O. The van der Waals surface area contributed by atoms with Crippen LogP contribution in [0.2, 0.25) is 0 Å². The van der Waals surface area contributed by atoms with Crippen LogP contribution >= 0.6 is 0 Å². The average molecular weight is 427 g/mol. The summed E-state index contributed by atoms with van der Waals surface area (Å²) in [6.07, 6.45) is 5.06. The van der Waals surface area contributed by atoms with Gasteiger partial charge in [-0.1, -0.05) is 25.1 Å². The molecule has 1 N–H and O–H groups in total. The standard InChI is InChI=1S/C25H22FN5O/c1-3-16-4-5-18(15(2)10-16)21-13-29-25(31-14-17(11-27)30-24(21)31)28-12-20-19-8-9-32-23(19)7-6-22(20)26/h4-7,10,13-14H,3,8-9,12H2,1-2H3,(H,28,29). The molecule has 32 heavy (non-hydrogen) atoms. The minimum atomic E-state index is -0.274. The van der Waals surface area contributed by atoms with E-state index >= 15 is 0 Å². The van der Waals surface area contributed by atoms with Crippen LogP contribution in [-0.2, 0) is 19.4 Å². The molecular weight excluding hydrogens is 405 g/mol. The second-order valence-electron chi connectivity index (χ2n) is 7.88. The minimum Gasteiger partial charge on any atom is -0.493 e. The van der Waals surface area contributed by atoms with E-state index in [2.05, 4.69) is 53.4 Å². The lowest BCUT2D eigenvalue weighted by atomic mass is 9.99. The molecule has 0 amide bonds. The van der Waals surface area contributed by atoms with E-state index in [4.69, 9.17) is 4.74 Å². The van der Waals surface area contributed by atoms with Crippen molar-refractivity contribution >= 4 is 11.6 Å². The van der Waals surface area contributed by atoms with Crippen LogP contribution in [0.4, 0.5) is 10.3 Å². The largest absolute Gasteiger partial charge is 0.493 e. The summed E-state index contributed by atoms with van der Waals surface area (Å²) in [6.45, 7) is 5.00. The maximum absolute atomic E-state index is 14.5. The van der Waals surface area contributed by atoms with Crippen LogP contribution in [0.1, 0.15) is 34.9 Å². The number of aryl methyl sites for hydroxylation is 2. The smallest absolute Gasteiger partial charge is 0.208 e. The first-order chi connectivity index (χ1) is 15.6. The van der Waals surface area contributed by atoms with Gasteiger partial charge in [0.1, 0.15) is 17.6 Å². The first kappa shape index (κ1) is 20.0. The van der Waals surface area contributed by atoms with Gasteiger partial charge in [-0.3, -0.25) is 4.40 Å². The lowest BCUT2D eigenvalue weighted by Crippen LogP contribution is -2.09. The highest BCUT2D eigenvalue weighted by molar-refractivity contribution is 5.80. The SMILES string of the molecule is CCc1ccc(-c2cnc(NCc3c(F)ccc4c3CCO4)n3cc(C#N)nc23)c(C)c1. The molecule has 0 unspecified atom stereocenters. The van der Waals surface area contributed by atoms with E-state index in [1.54, 1.807) is 22.9 Å². The monoisotopic (exact) mass is 427 g/mol. The van der Waals surface area contributed by atoms with E-state index in [0.717, 1.165) is 34.4 Å². The van der Waals surface area contributed by atoms with Crippen LogP contribution in [-0.4, -0.2) is 21.0 Å². The maximum Gasteiger partial charge on any atom is 0.208 e. The number of aromatic nitrogens is 3. The molecule has 7 heteroatoms. The average Bonchev–Trinajstić information content (AvgIpc) is 3.46. The van der Waals surface area contributed by atoms with Crippen molar-refractivity contribution in [1.82, 2.24) is 14.4 Å². The van der Waals surface area contributed by atoms with Crippen molar-refractivity contribution in [3.63, 3.8) is 0 Å². The van der Waals surface area contributed by atoms with E-state index in [1.165, 1.54) is 11.6 Å². The maximum atomic E-state index is 14.5. The Morgan fingerprint density at radius 1 is 1.25 bits per heavy atom. The van der Waals surface area contributed by atoms with Gasteiger partial charge in [-0.05, 0) is 42.2 Å². The van der Waals surface area contributed by atoms with Crippen molar-refractivity contribution in [3.8, 4) is 22.9 Å². The molecule has 0 radical (unpaired) electrons. The number of halogens is 1. The summed E-state index contributed by atoms with van der Waals surface area (Å²) in [4.78, 5) is 9.11. The van der Waals surface area contributed by atoms with Gasteiger partial charge in [0.25, 0.3) is 0 Å². The van der Waals surface area contributed by atoms with Crippen LogP contribution in [0.5, 0.6) is 5.75 Å². The van der Waals surface area contributed by atoms with E-state index in [0.29, 0.717) is 35.9 Å². The van der Waals surface area contributed by atoms with Crippen LogP contribution in [0.25, 0.3) is 16.8 Å². The molecule has 0 aliphatic carbocycles. The second kappa shape index (κ2) is 7.97. The molecule has 160 valence electrons. The molecule has 0 spiro atoms. The van der Waals surface area contributed by atoms with Gasteiger partial charge in [0.2, 0.25) is 5.95 Å². The first-order valence-corrected chi connectivity index (χ1v) is 10.6. The van der Waals surface area contributed by atoms with Crippen molar-refractivity contribution in [1.29, 1.82) is 5.26 Å². The summed E-state index contributed by atoms with van der Waals surface area (Å²) in [5.74, 6) is 0.957. The van der Waals surface area contributed by atoms with Crippen LogP contribution in [0.15, 0.2) is 42.7 Å². The number of hydrogen-bond acceptors (Lipinski definition) is 5. The molecule has 0 saturated carbocycles. The zero-order valence-electron chi connectivity index (χ0n) is 17.9. The number of imidazole rings is 1. The number of benzene rings is 2. The van der Waals surface area contributed by atoms with E-state index in [-0.39, 0.29) is 12.4 Å². The fourth-order valence-electron chi connectivity index (χ4n) is 4.27. The number of nitrogens with zero attached hydrogens (tertiary/aromatic N) is 4. The van der Waals surface area contributed by atoms with Gasteiger partial charge in [-0.15, -0.1) is 0 Å². The zero-order chi connectivity index (χ0) is 22.2. The normalized spacial score (nSPS) is 12.4. The van der Waals surface area contributed by atoms with E-state index in [9.17, 15) is 9.65 Å². The van der Waals surface area contributed by atoms with Gasteiger partial charge >= 0.3 is 0 Å². The molecule has 4 aromatic rings. The third kappa shape index (κ3) is 3.34. The Hall–Kier alpha value is -3.92. The van der Waals surface area contributed by atoms with Gasteiger partial charge in [-0.25, -0.2) is 14.4 Å². The van der Waals surface area contributed by atoms with Gasteiger partial charge in [0.05, 0.1) is 12.8 Å². The molecule has 2 aromatic heterocycles. The Kier molecular flexibility index (Phi) is 4.98. The van der Waals surface area contributed by atoms with Crippen molar-refractivity contribution in [2.75, 3.05) is 11.9 Å². The second-order valence-corrected chi connectivity index (χ2v) is 7.88. The lowest BCUT2D eigenvalue weighted by Gasteiger charge is -2.14. The summed E-state index contributed by atoms with van der Waals surface area (Å²) in [5, 5.41) is 12.7. The zero-order valence-corrected chi connectivity index (χ0v) is 17.9. The highest BCUT2D eigenvalue weighted by Gasteiger charge is 2.20. The molecule has 6 nitrogen and oxygen atoms in total. The molecule has 5 rings (SSSR count). The number of anilines is 1. The van der Waals surface area contributed by atoms with Crippen LogP contribution in [0.3, 0.4) is 0 Å². The molecule has 1 aliphatic rings. The predicted molar refractivity (Wildman–Crippen MR) is 120 cm³/mol. The van der Waals surface area contributed by atoms with Crippen molar-refractivity contribution in [3.05, 3.63) is 76.5 Å². The minimum absolute atomic E-state index is 0.254. The molecule has 1 aliphatic heterocycles. The summed E-state index contributed by atoms with van der Waals surface area (Å²) >= 11 is 0. The Bertz CT molecular complexity index is 1390. The quantitative estimate of drug-likeness (QED) is 0.494. The van der Waals surface area contributed by atoms with Crippen molar-refractivity contribution < 1.29 is 9.13 Å². The highest BCUT2D eigenvalue weighted by atomic mass is 19.1. The Morgan fingerprint density at radius 3 is 2.91 bits per heavy atom. The third-order valence-corrected chi connectivity index (χ3v) is 5.96. The molecule has 2 aromatic carbocycles. The summed E-state index contributed by atoms with van der Waals surface area (Å²) in [6, 6.07) is 11.5. The number of rotatable bonds is 5. The Morgan fingerprint density at radius 2 is 2.12 bits per heavy atom. The Balaban J connectivity index is 1.55. The van der Waals surface area contributed by atoms with Gasteiger partial charge in [0, 0.05) is 35.9 Å². The van der Waals surface area contributed by atoms with Gasteiger partial charge in [-0.2, -0.15) is 5.26 Å². The topological polar surface area (TPSA) is 75.2 Å². The predicted octanol–water partition coefficient (Wildman–Crippen LogP) is 4.82. The molecule has 0 saturated heterocycles. The summed E-state index contributed by atoms with van der Waals surface area (Å²) in [7, 11) is 0. The first-order valence-electron chi connectivity index (χ1n) is 10.6. The fraction of sp³-hybridized carbons (Fsp3) is 0.240. The summed E-state index contributed by atoms with van der Waals surface area (Å²) in [5.41, 5.74) is 6.64. The van der Waals surface area contributed by atoms with E-state index < -0.39 is 0 Å². The van der Waals surface area contributed by atoms with Crippen LogP contribution < -0.4 is 10.1 Å². The number of hydrogen-bond donors (Lipinski definition) is 1.